The molecule has 0 atom stereocenters. The first-order valence-corrected chi connectivity index (χ1v) is 8.43. The van der Waals surface area contributed by atoms with E-state index >= 15 is 0 Å². The van der Waals surface area contributed by atoms with E-state index in [0.29, 0.717) is 12.0 Å². The molecule has 4 heteroatoms. The molecule has 0 aromatic carbocycles. The highest BCUT2D eigenvalue weighted by Crippen LogP contribution is 2.21. The normalized spacial score (nSPS) is 12.3. The molecule has 0 heterocycles. The first-order chi connectivity index (χ1) is 10.3. The molecule has 0 aliphatic rings. The van der Waals surface area contributed by atoms with Crippen LogP contribution in [0.2, 0.25) is 0 Å². The van der Waals surface area contributed by atoms with E-state index in [-0.39, 0.29) is 5.97 Å². The Hall–Kier alpha value is -1.32. The van der Waals surface area contributed by atoms with Gasteiger partial charge in [0.1, 0.15) is 5.60 Å². The molecule has 0 aliphatic carbocycles. The van der Waals surface area contributed by atoms with Crippen molar-refractivity contribution < 1.29 is 19.4 Å². The lowest BCUT2D eigenvalue weighted by atomic mass is 9.99. The van der Waals surface area contributed by atoms with Crippen LogP contribution in [-0.4, -0.2) is 22.6 Å². The quantitative estimate of drug-likeness (QED) is 0.317. The molecule has 0 bridgehead atoms. The number of rotatable bonds is 12. The molecule has 1 N–H and O–H groups in total. The Balaban J connectivity index is 3.87. The van der Waals surface area contributed by atoms with E-state index in [0.717, 1.165) is 18.9 Å². The lowest BCUT2D eigenvalue weighted by molar-refractivity contribution is -0.153. The third-order valence-corrected chi connectivity index (χ3v) is 3.89. The van der Waals surface area contributed by atoms with Crippen molar-refractivity contribution in [2.45, 2.75) is 91.1 Å². The molecule has 0 unspecified atom stereocenters. The number of hydrogen-bond donors (Lipinski definition) is 1. The molecule has 0 aromatic heterocycles. The second-order valence-corrected chi connectivity index (χ2v) is 6.37. The molecule has 0 spiro atoms. The van der Waals surface area contributed by atoms with Crippen molar-refractivity contribution in [1.82, 2.24) is 0 Å². The van der Waals surface area contributed by atoms with Gasteiger partial charge in [0.15, 0.2) is 0 Å². The average Bonchev–Trinajstić information content (AvgIpc) is 2.40. The van der Waals surface area contributed by atoms with Gasteiger partial charge < -0.3 is 9.84 Å². The zero-order chi connectivity index (χ0) is 17.0. The van der Waals surface area contributed by atoms with E-state index in [4.69, 9.17) is 9.84 Å². The van der Waals surface area contributed by atoms with Crippen LogP contribution in [0.4, 0.5) is 0 Å². The van der Waals surface area contributed by atoms with Crippen LogP contribution in [0.15, 0.2) is 11.6 Å². The molecule has 22 heavy (non-hydrogen) atoms. The average molecular weight is 312 g/mol. The van der Waals surface area contributed by atoms with E-state index < -0.39 is 11.6 Å². The maximum atomic E-state index is 11.8. The van der Waals surface area contributed by atoms with Crippen LogP contribution in [0.3, 0.4) is 0 Å². The predicted molar refractivity (Wildman–Crippen MR) is 88.8 cm³/mol. The fourth-order valence-electron chi connectivity index (χ4n) is 2.18. The number of unbranched alkanes of at least 4 members (excludes halogenated alkanes) is 7. The predicted octanol–water partition coefficient (Wildman–Crippen LogP) is 4.87. The van der Waals surface area contributed by atoms with E-state index in [1.807, 2.05) is 0 Å². The van der Waals surface area contributed by atoms with Gasteiger partial charge in [-0.15, -0.1) is 0 Å². The number of hydrogen-bond acceptors (Lipinski definition) is 3. The van der Waals surface area contributed by atoms with Gasteiger partial charge in [-0.1, -0.05) is 51.9 Å². The number of carbonyl (C=O) groups excluding carboxylic acids is 1. The highest BCUT2D eigenvalue weighted by atomic mass is 16.6. The highest BCUT2D eigenvalue weighted by molar-refractivity contribution is 5.81. The van der Waals surface area contributed by atoms with Crippen molar-refractivity contribution in [2.24, 2.45) is 0 Å². The maximum Gasteiger partial charge on any atom is 0.328 e. The molecule has 0 aliphatic heterocycles. The van der Waals surface area contributed by atoms with Gasteiger partial charge >= 0.3 is 11.9 Å². The number of ether oxygens (including phenoxy) is 1. The van der Waals surface area contributed by atoms with Crippen LogP contribution in [0.25, 0.3) is 0 Å². The van der Waals surface area contributed by atoms with Gasteiger partial charge in [-0.3, -0.25) is 4.79 Å². The summed E-state index contributed by atoms with van der Waals surface area (Å²) in [5, 5.41) is 8.74. The third-order valence-electron chi connectivity index (χ3n) is 3.89. The van der Waals surface area contributed by atoms with Gasteiger partial charge in [0.25, 0.3) is 0 Å². The van der Waals surface area contributed by atoms with E-state index in [2.05, 4.69) is 6.92 Å². The maximum absolute atomic E-state index is 11.8. The number of carboxylic acids is 1. The Kier molecular flexibility index (Phi) is 10.6. The van der Waals surface area contributed by atoms with Crippen LogP contribution in [0.5, 0.6) is 0 Å². The van der Waals surface area contributed by atoms with Crippen molar-refractivity contribution in [3.05, 3.63) is 11.6 Å². The van der Waals surface area contributed by atoms with Crippen LogP contribution in [0.1, 0.15) is 85.5 Å². The fourth-order valence-corrected chi connectivity index (χ4v) is 2.18. The van der Waals surface area contributed by atoms with E-state index in [9.17, 15) is 9.59 Å². The summed E-state index contributed by atoms with van der Waals surface area (Å²) in [5.41, 5.74) is -0.334. The molecule has 0 rings (SSSR count). The SMILES string of the molecule is CCCCCCCCCCC(=O)OC(C)(C)C(C)=CC(=O)O. The Morgan fingerprint density at radius 3 is 2.00 bits per heavy atom. The highest BCUT2D eigenvalue weighted by Gasteiger charge is 2.25. The summed E-state index contributed by atoms with van der Waals surface area (Å²) in [6.45, 7) is 7.30. The standard InChI is InChI=1S/C18H32O4/c1-5-6-7-8-9-10-11-12-13-17(21)22-18(3,4)15(2)14-16(19)20/h14H,5-13H2,1-4H3,(H,19,20). The minimum Gasteiger partial charge on any atom is -0.478 e. The molecule has 0 aromatic rings. The molecular formula is C18H32O4. The Labute approximate surface area is 134 Å². The Morgan fingerprint density at radius 2 is 1.50 bits per heavy atom. The lowest BCUT2D eigenvalue weighted by Crippen LogP contribution is -2.29. The van der Waals surface area contributed by atoms with E-state index in [1.165, 1.54) is 38.5 Å². The molecule has 0 saturated carbocycles. The number of aliphatic carboxylic acids is 1. The first kappa shape index (κ1) is 20.7. The first-order valence-electron chi connectivity index (χ1n) is 8.43. The molecule has 0 fully saturated rings. The summed E-state index contributed by atoms with van der Waals surface area (Å²) in [7, 11) is 0. The van der Waals surface area contributed by atoms with Crippen molar-refractivity contribution in [2.75, 3.05) is 0 Å². The van der Waals surface area contributed by atoms with Gasteiger partial charge in [0, 0.05) is 12.5 Å². The zero-order valence-electron chi connectivity index (χ0n) is 14.6. The minimum atomic E-state index is -1.02. The van der Waals surface area contributed by atoms with Crippen LogP contribution < -0.4 is 0 Å². The monoisotopic (exact) mass is 312 g/mol. The van der Waals surface area contributed by atoms with E-state index in [1.54, 1.807) is 20.8 Å². The van der Waals surface area contributed by atoms with Gasteiger partial charge in [-0.25, -0.2) is 4.79 Å². The van der Waals surface area contributed by atoms with Crippen molar-refractivity contribution in [3.8, 4) is 0 Å². The zero-order valence-corrected chi connectivity index (χ0v) is 14.6. The molecule has 0 amide bonds. The molecular weight excluding hydrogens is 280 g/mol. The number of esters is 1. The number of carboxylic acid groups (broad SMARTS) is 1. The third kappa shape index (κ3) is 10.4. The Morgan fingerprint density at radius 1 is 1.00 bits per heavy atom. The smallest absolute Gasteiger partial charge is 0.328 e. The van der Waals surface area contributed by atoms with Crippen LogP contribution in [0, 0.1) is 0 Å². The minimum absolute atomic E-state index is 0.255. The summed E-state index contributed by atoms with van der Waals surface area (Å²) in [6.07, 6.45) is 10.9. The molecule has 0 radical (unpaired) electrons. The van der Waals surface area contributed by atoms with Gasteiger partial charge in [-0.2, -0.15) is 0 Å². The molecule has 128 valence electrons. The van der Waals surface area contributed by atoms with Gasteiger partial charge in [0.2, 0.25) is 0 Å². The summed E-state index contributed by atoms with van der Waals surface area (Å²) in [6, 6.07) is 0. The molecule has 0 saturated heterocycles. The van der Waals surface area contributed by atoms with Gasteiger partial charge in [-0.05, 0) is 32.8 Å². The fraction of sp³-hybridized carbons (Fsp3) is 0.778. The van der Waals surface area contributed by atoms with Crippen LogP contribution >= 0.6 is 0 Å². The summed E-state index contributed by atoms with van der Waals surface area (Å²) >= 11 is 0. The largest absolute Gasteiger partial charge is 0.478 e. The summed E-state index contributed by atoms with van der Waals surface area (Å²) < 4.78 is 5.39. The topological polar surface area (TPSA) is 63.6 Å². The summed E-state index contributed by atoms with van der Waals surface area (Å²) in [4.78, 5) is 22.5. The Bertz CT molecular complexity index is 369. The van der Waals surface area contributed by atoms with Crippen molar-refractivity contribution in [3.63, 3.8) is 0 Å². The van der Waals surface area contributed by atoms with Crippen molar-refractivity contribution in [1.29, 1.82) is 0 Å². The van der Waals surface area contributed by atoms with Gasteiger partial charge in [0.05, 0.1) is 0 Å². The second-order valence-electron chi connectivity index (χ2n) is 6.37. The van der Waals surface area contributed by atoms with Crippen LogP contribution in [-0.2, 0) is 14.3 Å². The lowest BCUT2D eigenvalue weighted by Gasteiger charge is -2.26. The number of carbonyl (C=O) groups is 2. The second kappa shape index (κ2) is 11.3. The summed E-state index contributed by atoms with van der Waals surface area (Å²) in [5.74, 6) is -1.28. The molecule has 4 nitrogen and oxygen atoms in total. The van der Waals surface area contributed by atoms with Crippen molar-refractivity contribution >= 4 is 11.9 Å².